The minimum atomic E-state index is -0.541. The van der Waals surface area contributed by atoms with Crippen LogP contribution in [0.25, 0.3) is 0 Å². The molecule has 0 aliphatic carbocycles. The molecule has 0 aliphatic rings. The molecule has 0 amide bonds. The molecule has 1 aromatic carbocycles. The number of benzene rings is 1. The molecule has 1 heterocycles. The number of nitrogens with one attached hydrogen (secondary N) is 1. The summed E-state index contributed by atoms with van der Waals surface area (Å²) in [6.45, 7) is 5.38. The summed E-state index contributed by atoms with van der Waals surface area (Å²) in [7, 11) is 0. The summed E-state index contributed by atoms with van der Waals surface area (Å²) in [5.74, 6) is -0.293. The molecule has 3 nitrogen and oxygen atoms in total. The molecule has 0 spiro atoms. The maximum Gasteiger partial charge on any atom is 0.203 e. The molecule has 0 aliphatic heterocycles. The van der Waals surface area contributed by atoms with E-state index in [0.717, 1.165) is 24.3 Å². The molecule has 0 bridgehead atoms. The first-order valence-corrected chi connectivity index (χ1v) is 6.31. The van der Waals surface area contributed by atoms with Gasteiger partial charge in [0, 0.05) is 25.4 Å². The van der Waals surface area contributed by atoms with Gasteiger partial charge in [-0.25, -0.2) is 13.8 Å². The lowest BCUT2D eigenvalue weighted by Crippen LogP contribution is -2.10. The van der Waals surface area contributed by atoms with Crippen LogP contribution in [0, 0.1) is 18.6 Å². The van der Waals surface area contributed by atoms with Gasteiger partial charge in [-0.1, -0.05) is 0 Å². The van der Waals surface area contributed by atoms with Crippen LogP contribution >= 0.6 is 0 Å². The highest BCUT2D eigenvalue weighted by Crippen LogP contribution is 2.11. The van der Waals surface area contributed by atoms with E-state index in [0.29, 0.717) is 18.5 Å². The average Bonchev–Trinajstić information content (AvgIpc) is 2.68. The fraction of sp³-hybridized carbons (Fsp3) is 0.357. The highest BCUT2D eigenvalue weighted by Gasteiger charge is 2.04. The van der Waals surface area contributed by atoms with Crippen LogP contribution in [-0.2, 0) is 13.0 Å². The molecule has 1 aromatic heterocycles. The van der Waals surface area contributed by atoms with Gasteiger partial charge in [0.05, 0.1) is 5.69 Å². The van der Waals surface area contributed by atoms with E-state index in [2.05, 4.69) is 10.3 Å². The molecular formula is C14H17F2N3. The van der Waals surface area contributed by atoms with Gasteiger partial charge in [0.15, 0.2) is 0 Å². The zero-order valence-corrected chi connectivity index (χ0v) is 11.1. The highest BCUT2D eigenvalue weighted by molar-refractivity contribution is 5.29. The monoisotopic (exact) mass is 265 g/mol. The molecular weight excluding hydrogens is 248 g/mol. The minimum absolute atomic E-state index is 0.541. The second kappa shape index (κ2) is 5.82. The Labute approximate surface area is 111 Å². The Morgan fingerprint density at radius 2 is 1.89 bits per heavy atom. The Balaban J connectivity index is 1.96. The molecule has 0 saturated carbocycles. The summed E-state index contributed by atoms with van der Waals surface area (Å²) in [5, 5.41) is 3.18. The van der Waals surface area contributed by atoms with Crippen LogP contribution in [-0.4, -0.2) is 16.1 Å². The highest BCUT2D eigenvalue weighted by atomic mass is 19.1. The lowest BCUT2D eigenvalue weighted by Gasteiger charge is -2.08. The zero-order chi connectivity index (χ0) is 13.8. The van der Waals surface area contributed by atoms with E-state index in [1.54, 1.807) is 0 Å². The van der Waals surface area contributed by atoms with Gasteiger partial charge < -0.3 is 9.88 Å². The largest absolute Gasteiger partial charge is 0.355 e. The van der Waals surface area contributed by atoms with Crippen molar-refractivity contribution in [1.29, 1.82) is 0 Å². The first-order chi connectivity index (χ1) is 9.08. The van der Waals surface area contributed by atoms with Gasteiger partial charge in [0.25, 0.3) is 0 Å². The quantitative estimate of drug-likeness (QED) is 0.900. The number of halogens is 2. The summed E-state index contributed by atoms with van der Waals surface area (Å²) in [6.07, 6.45) is 2.51. The summed E-state index contributed by atoms with van der Waals surface area (Å²) in [4.78, 5) is 4.35. The van der Waals surface area contributed by atoms with E-state index in [9.17, 15) is 8.78 Å². The minimum Gasteiger partial charge on any atom is -0.355 e. The van der Waals surface area contributed by atoms with Crippen LogP contribution in [0.15, 0.2) is 24.4 Å². The van der Waals surface area contributed by atoms with Gasteiger partial charge in [0.1, 0.15) is 11.6 Å². The lowest BCUT2D eigenvalue weighted by atomic mass is 10.1. The number of rotatable bonds is 5. The van der Waals surface area contributed by atoms with Crippen molar-refractivity contribution < 1.29 is 8.78 Å². The van der Waals surface area contributed by atoms with Crippen LogP contribution in [0.5, 0.6) is 0 Å². The maximum absolute atomic E-state index is 13.0. The first kappa shape index (κ1) is 13.5. The molecule has 0 saturated heterocycles. The normalized spacial score (nSPS) is 10.7. The number of nitrogens with zero attached hydrogens (tertiary/aromatic N) is 2. The molecule has 102 valence electrons. The molecule has 0 unspecified atom stereocenters. The van der Waals surface area contributed by atoms with Gasteiger partial charge in [-0.3, -0.25) is 0 Å². The lowest BCUT2D eigenvalue weighted by molar-refractivity contribution is 0.580. The SMILES string of the molecule is CCn1cc(C)nc1NCCc1cc(F)cc(F)c1. The molecule has 2 aromatic rings. The van der Waals surface area contributed by atoms with Crippen molar-refractivity contribution in [3.05, 3.63) is 47.3 Å². The third-order valence-electron chi connectivity index (χ3n) is 2.86. The Morgan fingerprint density at radius 3 is 2.53 bits per heavy atom. The van der Waals surface area contributed by atoms with Crippen LogP contribution in [0.1, 0.15) is 18.2 Å². The van der Waals surface area contributed by atoms with Gasteiger partial charge in [-0.15, -0.1) is 0 Å². The standard InChI is InChI=1S/C14H17F2N3/c1-3-19-9-10(2)18-14(19)17-5-4-11-6-12(15)8-13(16)7-11/h6-9H,3-5H2,1-2H3,(H,17,18). The van der Waals surface area contributed by atoms with E-state index in [1.165, 1.54) is 12.1 Å². The predicted octanol–water partition coefficient (Wildman–Crippen LogP) is 3.14. The van der Waals surface area contributed by atoms with Crippen LogP contribution in [0.2, 0.25) is 0 Å². The smallest absolute Gasteiger partial charge is 0.203 e. The molecule has 0 radical (unpaired) electrons. The Bertz CT molecular complexity index is 544. The van der Waals surface area contributed by atoms with E-state index in [1.807, 2.05) is 24.6 Å². The van der Waals surface area contributed by atoms with Crippen molar-refractivity contribution in [2.75, 3.05) is 11.9 Å². The van der Waals surface area contributed by atoms with Crippen molar-refractivity contribution in [3.63, 3.8) is 0 Å². The Hall–Kier alpha value is -1.91. The van der Waals surface area contributed by atoms with E-state index in [-0.39, 0.29) is 0 Å². The van der Waals surface area contributed by atoms with Crippen LogP contribution in [0.4, 0.5) is 14.7 Å². The Kier molecular flexibility index (Phi) is 4.14. The zero-order valence-electron chi connectivity index (χ0n) is 11.1. The second-order valence-electron chi connectivity index (χ2n) is 4.45. The predicted molar refractivity (Wildman–Crippen MR) is 71.2 cm³/mol. The number of anilines is 1. The fourth-order valence-electron chi connectivity index (χ4n) is 2.00. The molecule has 1 N–H and O–H groups in total. The molecule has 0 fully saturated rings. The van der Waals surface area contributed by atoms with Gasteiger partial charge in [0.2, 0.25) is 5.95 Å². The second-order valence-corrected chi connectivity index (χ2v) is 4.45. The van der Waals surface area contributed by atoms with E-state index in [4.69, 9.17) is 0 Å². The summed E-state index contributed by atoms with van der Waals surface area (Å²) in [5.41, 5.74) is 1.58. The van der Waals surface area contributed by atoms with Gasteiger partial charge in [-0.2, -0.15) is 0 Å². The third kappa shape index (κ3) is 3.53. The summed E-state index contributed by atoms with van der Waals surface area (Å²) < 4.78 is 28.0. The fourth-order valence-corrected chi connectivity index (χ4v) is 2.00. The number of hydrogen-bond acceptors (Lipinski definition) is 2. The van der Waals surface area contributed by atoms with Gasteiger partial charge >= 0.3 is 0 Å². The molecule has 19 heavy (non-hydrogen) atoms. The Morgan fingerprint density at radius 1 is 1.21 bits per heavy atom. The van der Waals surface area contributed by atoms with Crippen molar-refractivity contribution in [3.8, 4) is 0 Å². The van der Waals surface area contributed by atoms with Crippen molar-refractivity contribution in [2.45, 2.75) is 26.8 Å². The maximum atomic E-state index is 13.0. The number of hydrogen-bond donors (Lipinski definition) is 1. The third-order valence-corrected chi connectivity index (χ3v) is 2.86. The number of imidazole rings is 1. The molecule has 2 rings (SSSR count). The van der Waals surface area contributed by atoms with Gasteiger partial charge in [-0.05, 0) is 38.0 Å². The molecule has 0 atom stereocenters. The summed E-state index contributed by atoms with van der Waals surface area (Å²) >= 11 is 0. The van der Waals surface area contributed by atoms with Crippen molar-refractivity contribution in [2.24, 2.45) is 0 Å². The first-order valence-electron chi connectivity index (χ1n) is 6.31. The van der Waals surface area contributed by atoms with Crippen LogP contribution in [0.3, 0.4) is 0 Å². The summed E-state index contributed by atoms with van der Waals surface area (Å²) in [6, 6.07) is 3.58. The van der Waals surface area contributed by atoms with Crippen molar-refractivity contribution in [1.82, 2.24) is 9.55 Å². The van der Waals surface area contributed by atoms with E-state index >= 15 is 0 Å². The average molecular weight is 265 g/mol. The van der Waals surface area contributed by atoms with E-state index < -0.39 is 11.6 Å². The topological polar surface area (TPSA) is 29.9 Å². The van der Waals surface area contributed by atoms with Crippen LogP contribution < -0.4 is 5.32 Å². The number of aryl methyl sites for hydroxylation is 2. The van der Waals surface area contributed by atoms with Crippen molar-refractivity contribution >= 4 is 5.95 Å². The number of aromatic nitrogens is 2. The molecule has 5 heteroatoms.